The monoisotopic (exact) mass is 279 g/mol. The molecule has 1 unspecified atom stereocenters. The third-order valence-electron chi connectivity index (χ3n) is 4.79. The van der Waals surface area contributed by atoms with E-state index in [0.717, 1.165) is 25.3 Å². The largest absolute Gasteiger partial charge is 0.493 e. The minimum absolute atomic E-state index is 0.582. The van der Waals surface area contributed by atoms with Crippen LogP contribution in [0.25, 0.3) is 0 Å². The molecule has 2 heteroatoms. The van der Waals surface area contributed by atoms with Crippen LogP contribution in [0.1, 0.15) is 29.0 Å². The average molecular weight is 279 g/mol. The Balaban J connectivity index is 1.41. The number of fused-ring (bicyclic) bond motifs is 2. The van der Waals surface area contributed by atoms with E-state index >= 15 is 0 Å². The van der Waals surface area contributed by atoms with E-state index < -0.39 is 0 Å². The zero-order valence-electron chi connectivity index (χ0n) is 12.2. The highest BCUT2D eigenvalue weighted by Gasteiger charge is 2.24. The van der Waals surface area contributed by atoms with Crippen molar-refractivity contribution in [2.45, 2.75) is 31.2 Å². The summed E-state index contributed by atoms with van der Waals surface area (Å²) in [5.41, 5.74) is 4.40. The molecule has 2 aromatic rings. The molecule has 0 amide bonds. The average Bonchev–Trinajstić information content (AvgIpc) is 2.96. The molecule has 108 valence electrons. The van der Waals surface area contributed by atoms with Crippen molar-refractivity contribution >= 4 is 0 Å². The molecule has 0 fully saturated rings. The first-order valence-electron chi connectivity index (χ1n) is 7.92. The number of hydrogen-bond acceptors (Lipinski definition) is 2. The second kappa shape index (κ2) is 5.53. The van der Waals surface area contributed by atoms with Crippen molar-refractivity contribution in [2.24, 2.45) is 0 Å². The van der Waals surface area contributed by atoms with Crippen LogP contribution >= 0.6 is 0 Å². The van der Waals surface area contributed by atoms with Crippen molar-refractivity contribution in [3.63, 3.8) is 0 Å². The molecule has 0 bridgehead atoms. The lowest BCUT2D eigenvalue weighted by atomic mass is 9.93. The van der Waals surface area contributed by atoms with Gasteiger partial charge in [0.2, 0.25) is 0 Å². The van der Waals surface area contributed by atoms with Crippen LogP contribution in [0.4, 0.5) is 0 Å². The Hall–Kier alpha value is -1.80. The highest BCUT2D eigenvalue weighted by atomic mass is 16.5. The number of para-hydroxylation sites is 1. The Morgan fingerprint density at radius 2 is 1.67 bits per heavy atom. The summed E-state index contributed by atoms with van der Waals surface area (Å²) in [5.74, 6) is 1.66. The molecule has 0 aromatic heterocycles. The first kappa shape index (κ1) is 12.9. The Kier molecular flexibility index (Phi) is 3.40. The quantitative estimate of drug-likeness (QED) is 0.930. The second-order valence-corrected chi connectivity index (χ2v) is 6.15. The first-order chi connectivity index (χ1) is 10.4. The lowest BCUT2D eigenvalue weighted by Crippen LogP contribution is -2.34. The van der Waals surface area contributed by atoms with Gasteiger partial charge in [0, 0.05) is 18.5 Å². The summed E-state index contributed by atoms with van der Waals surface area (Å²) in [6.45, 7) is 1.90. The number of rotatable bonds is 3. The van der Waals surface area contributed by atoms with Gasteiger partial charge in [0.05, 0.1) is 6.61 Å². The third-order valence-corrected chi connectivity index (χ3v) is 4.79. The zero-order valence-corrected chi connectivity index (χ0v) is 12.2. The summed E-state index contributed by atoms with van der Waals surface area (Å²) < 4.78 is 5.75. The van der Waals surface area contributed by atoms with E-state index in [1.165, 1.54) is 29.5 Å². The first-order valence-corrected chi connectivity index (χ1v) is 7.92. The van der Waals surface area contributed by atoms with Crippen molar-refractivity contribution in [1.82, 2.24) is 5.32 Å². The van der Waals surface area contributed by atoms with Crippen LogP contribution in [0, 0.1) is 0 Å². The Bertz CT molecular complexity index is 612. The summed E-state index contributed by atoms with van der Waals surface area (Å²) >= 11 is 0. The van der Waals surface area contributed by atoms with Crippen LogP contribution in [0.2, 0.25) is 0 Å². The summed E-state index contributed by atoms with van der Waals surface area (Å²) in [6, 6.07) is 17.9. The molecule has 1 heterocycles. The van der Waals surface area contributed by atoms with E-state index in [9.17, 15) is 0 Å². The Morgan fingerprint density at radius 3 is 2.48 bits per heavy atom. The maximum absolute atomic E-state index is 5.75. The van der Waals surface area contributed by atoms with Gasteiger partial charge >= 0.3 is 0 Å². The van der Waals surface area contributed by atoms with Gasteiger partial charge in [-0.05, 0) is 42.0 Å². The predicted octanol–water partition coefficient (Wildman–Crippen LogP) is 3.31. The van der Waals surface area contributed by atoms with E-state index in [4.69, 9.17) is 4.74 Å². The second-order valence-electron chi connectivity index (χ2n) is 6.15. The SMILES string of the molecule is c1ccc2c(c1)CC(NCC1CCOc3ccccc31)C2. The van der Waals surface area contributed by atoms with Crippen molar-refractivity contribution in [3.05, 3.63) is 65.2 Å². The van der Waals surface area contributed by atoms with Gasteiger partial charge in [-0.15, -0.1) is 0 Å². The van der Waals surface area contributed by atoms with E-state index in [2.05, 4.69) is 53.8 Å². The van der Waals surface area contributed by atoms with Gasteiger partial charge in [-0.2, -0.15) is 0 Å². The molecule has 1 N–H and O–H groups in total. The molecule has 2 aliphatic rings. The van der Waals surface area contributed by atoms with Gasteiger partial charge in [0.15, 0.2) is 0 Å². The van der Waals surface area contributed by atoms with E-state index in [0.29, 0.717) is 12.0 Å². The number of hydrogen-bond donors (Lipinski definition) is 1. The molecular weight excluding hydrogens is 258 g/mol. The lowest BCUT2D eigenvalue weighted by Gasteiger charge is -2.27. The third kappa shape index (κ3) is 2.56. The predicted molar refractivity (Wildman–Crippen MR) is 84.9 cm³/mol. The molecule has 1 atom stereocenters. The summed E-state index contributed by atoms with van der Waals surface area (Å²) in [6.07, 6.45) is 3.45. The van der Waals surface area contributed by atoms with E-state index in [-0.39, 0.29) is 0 Å². The lowest BCUT2D eigenvalue weighted by molar-refractivity contribution is 0.262. The minimum Gasteiger partial charge on any atom is -0.493 e. The summed E-state index contributed by atoms with van der Waals surface area (Å²) in [7, 11) is 0. The zero-order chi connectivity index (χ0) is 14.1. The Morgan fingerprint density at radius 1 is 0.952 bits per heavy atom. The standard InChI is InChI=1S/C19H21NO/c1-2-6-15-12-17(11-14(15)5-1)20-13-16-9-10-21-19-8-4-3-7-18(16)19/h1-8,16-17,20H,9-13H2. The minimum atomic E-state index is 0.582. The topological polar surface area (TPSA) is 21.3 Å². The molecule has 2 nitrogen and oxygen atoms in total. The number of ether oxygens (including phenoxy) is 1. The molecule has 1 aliphatic heterocycles. The van der Waals surface area contributed by atoms with E-state index in [1.54, 1.807) is 0 Å². The van der Waals surface area contributed by atoms with Gasteiger partial charge in [0.25, 0.3) is 0 Å². The fourth-order valence-corrected chi connectivity index (χ4v) is 3.64. The van der Waals surface area contributed by atoms with Gasteiger partial charge in [0.1, 0.15) is 5.75 Å². The summed E-state index contributed by atoms with van der Waals surface area (Å²) in [4.78, 5) is 0. The molecule has 0 radical (unpaired) electrons. The molecule has 0 saturated carbocycles. The fourth-order valence-electron chi connectivity index (χ4n) is 3.64. The fraction of sp³-hybridized carbons (Fsp3) is 0.368. The molecule has 21 heavy (non-hydrogen) atoms. The van der Waals surface area contributed by atoms with Crippen molar-refractivity contribution in [1.29, 1.82) is 0 Å². The number of nitrogens with one attached hydrogen (secondary N) is 1. The molecule has 4 rings (SSSR count). The van der Waals surface area contributed by atoms with Crippen LogP contribution in [0.3, 0.4) is 0 Å². The molecule has 1 aliphatic carbocycles. The molecule has 0 spiro atoms. The highest BCUT2D eigenvalue weighted by molar-refractivity contribution is 5.38. The molecular formula is C19H21NO. The molecule has 0 saturated heterocycles. The van der Waals surface area contributed by atoms with Gasteiger partial charge in [-0.25, -0.2) is 0 Å². The highest BCUT2D eigenvalue weighted by Crippen LogP contribution is 2.33. The maximum Gasteiger partial charge on any atom is 0.122 e. The van der Waals surface area contributed by atoms with Crippen LogP contribution in [0.5, 0.6) is 5.75 Å². The van der Waals surface area contributed by atoms with Gasteiger partial charge in [-0.3, -0.25) is 0 Å². The normalized spacial score (nSPS) is 20.7. The smallest absolute Gasteiger partial charge is 0.122 e. The van der Waals surface area contributed by atoms with Crippen molar-refractivity contribution < 1.29 is 4.74 Å². The van der Waals surface area contributed by atoms with Crippen molar-refractivity contribution in [3.8, 4) is 5.75 Å². The Labute approximate surface area is 126 Å². The van der Waals surface area contributed by atoms with Crippen LogP contribution in [0.15, 0.2) is 48.5 Å². The van der Waals surface area contributed by atoms with Crippen molar-refractivity contribution in [2.75, 3.05) is 13.2 Å². The van der Waals surface area contributed by atoms with Gasteiger partial charge in [-0.1, -0.05) is 42.5 Å². The van der Waals surface area contributed by atoms with Crippen LogP contribution in [-0.4, -0.2) is 19.2 Å². The summed E-state index contributed by atoms with van der Waals surface area (Å²) in [5, 5.41) is 3.78. The van der Waals surface area contributed by atoms with Crippen LogP contribution in [-0.2, 0) is 12.8 Å². The van der Waals surface area contributed by atoms with E-state index in [1.807, 2.05) is 0 Å². The van der Waals surface area contributed by atoms with Gasteiger partial charge < -0.3 is 10.1 Å². The maximum atomic E-state index is 5.75. The molecule has 2 aromatic carbocycles. The number of benzene rings is 2. The van der Waals surface area contributed by atoms with Crippen LogP contribution < -0.4 is 10.1 Å².